The van der Waals surface area contributed by atoms with Gasteiger partial charge < -0.3 is 24.0 Å². The molecule has 30 heavy (non-hydrogen) atoms. The first-order valence-electron chi connectivity index (χ1n) is 10.7. The molecule has 0 N–H and O–H groups in total. The van der Waals surface area contributed by atoms with Crippen LogP contribution in [0.5, 0.6) is 0 Å². The lowest BCUT2D eigenvalue weighted by Crippen LogP contribution is -2.46. The Balaban J connectivity index is 1.58. The molecule has 7 nitrogen and oxygen atoms in total. The highest BCUT2D eigenvalue weighted by Gasteiger charge is 2.48. The van der Waals surface area contributed by atoms with E-state index in [1.165, 1.54) is 0 Å². The number of amides is 2. The van der Waals surface area contributed by atoms with Gasteiger partial charge in [-0.2, -0.15) is 0 Å². The average Bonchev–Trinajstić information content (AvgIpc) is 3.04. The van der Waals surface area contributed by atoms with Gasteiger partial charge in [-0.05, 0) is 51.0 Å². The molecule has 1 spiro atoms. The molecular weight excluding hydrogens is 384 g/mol. The van der Waals surface area contributed by atoms with Crippen LogP contribution < -0.4 is 0 Å². The summed E-state index contributed by atoms with van der Waals surface area (Å²) in [6, 6.07) is 9.68. The summed E-state index contributed by atoms with van der Waals surface area (Å²) >= 11 is 0. The van der Waals surface area contributed by atoms with Crippen LogP contribution in [0.3, 0.4) is 0 Å². The van der Waals surface area contributed by atoms with Crippen molar-refractivity contribution in [2.75, 3.05) is 33.4 Å². The number of benzene rings is 1. The third-order valence-corrected chi connectivity index (χ3v) is 5.89. The minimum Gasteiger partial charge on any atom is -0.445 e. The number of likely N-dealkylation sites (tertiary alicyclic amines) is 2. The van der Waals surface area contributed by atoms with Gasteiger partial charge in [0.1, 0.15) is 12.2 Å². The Labute approximate surface area is 179 Å². The van der Waals surface area contributed by atoms with E-state index in [9.17, 15) is 9.59 Å². The van der Waals surface area contributed by atoms with Crippen LogP contribution in [0, 0.1) is 5.41 Å². The molecule has 1 unspecified atom stereocenters. The Kier molecular flexibility index (Phi) is 6.91. The van der Waals surface area contributed by atoms with Gasteiger partial charge >= 0.3 is 12.2 Å². The number of hydrogen-bond acceptors (Lipinski definition) is 5. The molecule has 2 saturated heterocycles. The number of ether oxygens (including phenoxy) is 3. The van der Waals surface area contributed by atoms with Crippen molar-refractivity contribution < 1.29 is 23.8 Å². The van der Waals surface area contributed by atoms with Crippen molar-refractivity contribution in [1.29, 1.82) is 0 Å². The van der Waals surface area contributed by atoms with Crippen LogP contribution in [0.4, 0.5) is 9.59 Å². The first-order valence-corrected chi connectivity index (χ1v) is 10.7. The number of hydrogen-bond donors (Lipinski definition) is 0. The van der Waals surface area contributed by atoms with Gasteiger partial charge in [0.2, 0.25) is 0 Å². The highest BCUT2D eigenvalue weighted by Crippen LogP contribution is 2.44. The third-order valence-electron chi connectivity index (χ3n) is 5.89. The number of piperidine rings is 1. The van der Waals surface area contributed by atoms with Gasteiger partial charge in [-0.3, -0.25) is 0 Å². The number of carbonyl (C=O) groups is 2. The highest BCUT2D eigenvalue weighted by molar-refractivity contribution is 5.69. The van der Waals surface area contributed by atoms with Crippen molar-refractivity contribution >= 4 is 12.2 Å². The Morgan fingerprint density at radius 3 is 2.37 bits per heavy atom. The van der Waals surface area contributed by atoms with Crippen molar-refractivity contribution in [3.8, 4) is 0 Å². The number of nitrogens with zero attached hydrogens (tertiary/aromatic N) is 2. The molecule has 0 aromatic heterocycles. The van der Waals surface area contributed by atoms with Crippen molar-refractivity contribution in [2.45, 2.75) is 58.3 Å². The molecule has 2 aliphatic heterocycles. The van der Waals surface area contributed by atoms with E-state index in [0.717, 1.165) is 24.8 Å². The van der Waals surface area contributed by atoms with E-state index < -0.39 is 5.60 Å². The predicted molar refractivity (Wildman–Crippen MR) is 113 cm³/mol. The van der Waals surface area contributed by atoms with E-state index in [-0.39, 0.29) is 30.3 Å². The summed E-state index contributed by atoms with van der Waals surface area (Å²) in [5.41, 5.74) is 0.462. The fourth-order valence-corrected chi connectivity index (χ4v) is 4.37. The zero-order valence-corrected chi connectivity index (χ0v) is 18.6. The second-order valence-corrected chi connectivity index (χ2v) is 9.45. The van der Waals surface area contributed by atoms with Gasteiger partial charge in [-0.1, -0.05) is 30.3 Å². The van der Waals surface area contributed by atoms with Crippen molar-refractivity contribution in [3.63, 3.8) is 0 Å². The number of carbonyl (C=O) groups excluding carboxylic acids is 2. The molecule has 0 aliphatic carbocycles. The maximum absolute atomic E-state index is 12.8. The minimum absolute atomic E-state index is 0.00647. The van der Waals surface area contributed by atoms with E-state index in [1.54, 1.807) is 12.0 Å². The van der Waals surface area contributed by atoms with Crippen molar-refractivity contribution in [2.24, 2.45) is 5.41 Å². The summed E-state index contributed by atoms with van der Waals surface area (Å²) in [6.07, 6.45) is 1.99. The van der Waals surface area contributed by atoms with Gasteiger partial charge in [-0.25, -0.2) is 9.59 Å². The molecule has 0 saturated carbocycles. The average molecular weight is 419 g/mol. The third kappa shape index (κ3) is 5.65. The van der Waals surface area contributed by atoms with E-state index in [2.05, 4.69) is 0 Å². The van der Waals surface area contributed by atoms with E-state index in [4.69, 9.17) is 14.2 Å². The van der Waals surface area contributed by atoms with Gasteiger partial charge in [0.25, 0.3) is 0 Å². The first-order chi connectivity index (χ1) is 14.2. The molecule has 2 heterocycles. The molecule has 2 aliphatic rings. The molecule has 2 amide bonds. The second-order valence-electron chi connectivity index (χ2n) is 9.45. The van der Waals surface area contributed by atoms with Crippen LogP contribution in [0.1, 0.15) is 45.6 Å². The lowest BCUT2D eigenvalue weighted by molar-refractivity contribution is 0.0106. The quantitative estimate of drug-likeness (QED) is 0.738. The number of methoxy groups -OCH3 is 1. The molecule has 166 valence electrons. The second kappa shape index (κ2) is 9.25. The standard InChI is InChI=1S/C23H34N2O5/c1-22(2,3)30-20(26)24-12-10-23(11-13-24)14-19(16-28-4)25(17-23)21(27)29-15-18-8-6-5-7-9-18/h5-9,19H,10-17H2,1-4H3. The van der Waals surface area contributed by atoms with Crippen LogP contribution in [0.2, 0.25) is 0 Å². The SMILES string of the molecule is COCC1CC2(CCN(C(=O)OC(C)(C)C)CC2)CN1C(=O)OCc1ccccc1. The first kappa shape index (κ1) is 22.4. The van der Waals surface area contributed by atoms with Crippen LogP contribution in [0.15, 0.2) is 30.3 Å². The number of rotatable bonds is 4. The molecule has 2 fully saturated rings. The Morgan fingerprint density at radius 1 is 1.10 bits per heavy atom. The fraction of sp³-hybridized carbons (Fsp3) is 0.652. The van der Waals surface area contributed by atoms with Crippen LogP contribution >= 0.6 is 0 Å². The fourth-order valence-electron chi connectivity index (χ4n) is 4.37. The summed E-state index contributed by atoms with van der Waals surface area (Å²) in [7, 11) is 1.66. The maximum Gasteiger partial charge on any atom is 0.410 e. The molecule has 7 heteroatoms. The maximum atomic E-state index is 12.8. The monoisotopic (exact) mass is 418 g/mol. The topological polar surface area (TPSA) is 68.3 Å². The Hall–Kier alpha value is -2.28. The van der Waals surface area contributed by atoms with Crippen LogP contribution in [0.25, 0.3) is 0 Å². The molecule has 3 rings (SSSR count). The van der Waals surface area contributed by atoms with Crippen molar-refractivity contribution in [3.05, 3.63) is 35.9 Å². The lowest BCUT2D eigenvalue weighted by Gasteiger charge is -2.39. The smallest absolute Gasteiger partial charge is 0.410 e. The van der Waals surface area contributed by atoms with E-state index in [0.29, 0.717) is 26.2 Å². The molecule has 0 radical (unpaired) electrons. The zero-order valence-electron chi connectivity index (χ0n) is 18.6. The van der Waals surface area contributed by atoms with Crippen LogP contribution in [-0.4, -0.2) is 67.0 Å². The summed E-state index contributed by atoms with van der Waals surface area (Å²) < 4.78 is 16.5. The molecule has 0 bridgehead atoms. The Bertz CT molecular complexity index is 723. The summed E-state index contributed by atoms with van der Waals surface area (Å²) in [5, 5.41) is 0. The summed E-state index contributed by atoms with van der Waals surface area (Å²) in [5.74, 6) is 0. The van der Waals surface area contributed by atoms with E-state index >= 15 is 0 Å². The predicted octanol–water partition coefficient (Wildman–Crippen LogP) is 4.06. The van der Waals surface area contributed by atoms with E-state index in [1.807, 2.05) is 56.0 Å². The molecule has 1 atom stereocenters. The molecule has 1 aromatic carbocycles. The van der Waals surface area contributed by atoms with Gasteiger partial charge in [0.15, 0.2) is 0 Å². The Morgan fingerprint density at radius 2 is 1.77 bits per heavy atom. The highest BCUT2D eigenvalue weighted by atomic mass is 16.6. The molecule has 1 aromatic rings. The van der Waals surface area contributed by atoms with Crippen LogP contribution in [-0.2, 0) is 20.8 Å². The normalized spacial score (nSPS) is 21.0. The zero-order chi connectivity index (χ0) is 21.8. The summed E-state index contributed by atoms with van der Waals surface area (Å²) in [6.45, 7) is 8.29. The van der Waals surface area contributed by atoms with Gasteiger partial charge in [0.05, 0.1) is 12.6 Å². The lowest BCUT2D eigenvalue weighted by atomic mass is 9.77. The van der Waals surface area contributed by atoms with Gasteiger partial charge in [0, 0.05) is 26.7 Å². The molecular formula is C23H34N2O5. The van der Waals surface area contributed by atoms with Crippen molar-refractivity contribution in [1.82, 2.24) is 9.80 Å². The van der Waals surface area contributed by atoms with Gasteiger partial charge in [-0.15, -0.1) is 0 Å². The minimum atomic E-state index is -0.498. The summed E-state index contributed by atoms with van der Waals surface area (Å²) in [4.78, 5) is 28.8. The largest absolute Gasteiger partial charge is 0.445 e.